The van der Waals surface area contributed by atoms with Crippen molar-refractivity contribution >= 4 is 35.3 Å². The van der Waals surface area contributed by atoms with E-state index in [-0.39, 0.29) is 35.3 Å². The molecule has 2 aromatic carbocycles. The number of carbonyl (C=O) groups is 1. The molecule has 0 fully saturated rings. The molecule has 2 aromatic rings. The van der Waals surface area contributed by atoms with Gasteiger partial charge in [0.05, 0.1) is 0 Å². The van der Waals surface area contributed by atoms with E-state index >= 15 is 0 Å². The number of aryl methyl sites for hydroxylation is 1. The van der Waals surface area contributed by atoms with Gasteiger partial charge in [0.25, 0.3) is 0 Å². The molecule has 31 heavy (non-hydrogen) atoms. The molecule has 0 aromatic heterocycles. The van der Waals surface area contributed by atoms with E-state index in [0.29, 0.717) is 0 Å². The Bertz CT molecular complexity index is 695. The monoisotopic (exact) mass is 429 g/mol. The van der Waals surface area contributed by atoms with Gasteiger partial charge in [0.1, 0.15) is 0 Å². The maximum Gasteiger partial charge on any atom is 0.193 e. The van der Waals surface area contributed by atoms with Gasteiger partial charge in [-0.25, -0.2) is 0 Å². The maximum absolute atomic E-state index is 12.8. The molecule has 0 heterocycles. The van der Waals surface area contributed by atoms with Crippen molar-refractivity contribution in [3.05, 3.63) is 71.3 Å². The summed E-state index contributed by atoms with van der Waals surface area (Å²) in [6.07, 6.45) is 20.3. The first kappa shape index (κ1) is 28.1. The third kappa shape index (κ3) is 12.1. The smallest absolute Gasteiger partial charge is 0.193 e. The maximum atomic E-state index is 12.8. The third-order valence-corrected chi connectivity index (χ3v) is 6.10. The zero-order valence-corrected chi connectivity index (χ0v) is 22.2. The summed E-state index contributed by atoms with van der Waals surface area (Å²) < 4.78 is 0. The van der Waals surface area contributed by atoms with Crippen LogP contribution in [0.5, 0.6) is 0 Å². The van der Waals surface area contributed by atoms with Crippen molar-refractivity contribution in [1.29, 1.82) is 0 Å². The Morgan fingerprint density at radius 3 is 1.58 bits per heavy atom. The molecule has 0 atom stereocenters. The molecule has 165 valence electrons. The van der Waals surface area contributed by atoms with Gasteiger partial charge in [0.2, 0.25) is 0 Å². The topological polar surface area (TPSA) is 17.1 Å². The molecule has 0 N–H and O–H groups in total. The minimum Gasteiger partial charge on any atom is -0.289 e. The molecule has 0 spiro atoms. The summed E-state index contributed by atoms with van der Waals surface area (Å²) in [6, 6.07) is 17.8. The van der Waals surface area contributed by atoms with Crippen LogP contribution >= 0.6 is 0 Å². The van der Waals surface area contributed by atoms with Gasteiger partial charge in [-0.2, -0.15) is 0 Å². The second-order valence-corrected chi connectivity index (χ2v) is 8.70. The van der Waals surface area contributed by atoms with Gasteiger partial charge in [0.15, 0.2) is 5.78 Å². The summed E-state index contributed by atoms with van der Waals surface area (Å²) in [7, 11) is 0. The van der Waals surface area contributed by atoms with E-state index in [0.717, 1.165) is 17.5 Å². The number of unbranched alkanes of at least 4 members (excludes halogenated alkanes) is 13. The van der Waals surface area contributed by atoms with Gasteiger partial charge < -0.3 is 0 Å². The van der Waals surface area contributed by atoms with E-state index in [1.165, 1.54) is 95.5 Å². The Kier molecular flexibility index (Phi) is 16.9. The molecule has 2 heteroatoms. The molecule has 1 nitrogen and oxygen atoms in total. The molecule has 0 aliphatic rings. The SMILES string of the molecule is CCCCCCCCCCCCCCCCc1ccccc1C(=O)c1ccccc1.[Na]. The number of carbonyl (C=O) groups excluding carboxylic acids is 1. The fourth-order valence-electron chi connectivity index (χ4n) is 4.21. The molecule has 1 radical (unpaired) electrons. The van der Waals surface area contributed by atoms with Crippen molar-refractivity contribution in [3.8, 4) is 0 Å². The molecule has 0 aliphatic carbocycles. The third-order valence-electron chi connectivity index (χ3n) is 6.10. The Morgan fingerprint density at radius 2 is 1.03 bits per heavy atom. The normalized spacial score (nSPS) is 10.6. The zero-order valence-electron chi connectivity index (χ0n) is 20.2. The molecular formula is C29H42NaO. The van der Waals surface area contributed by atoms with Crippen LogP contribution in [-0.4, -0.2) is 35.3 Å². The summed E-state index contributed by atoms with van der Waals surface area (Å²) >= 11 is 0. The van der Waals surface area contributed by atoms with Crippen LogP contribution in [0.25, 0.3) is 0 Å². The Labute approximate surface area is 213 Å². The minimum absolute atomic E-state index is 0. The van der Waals surface area contributed by atoms with Crippen LogP contribution in [0.4, 0.5) is 0 Å². The van der Waals surface area contributed by atoms with E-state index in [1.54, 1.807) is 0 Å². The minimum atomic E-state index is 0. The quantitative estimate of drug-likeness (QED) is 0.140. The Morgan fingerprint density at radius 1 is 0.581 bits per heavy atom. The number of ketones is 1. The average Bonchev–Trinajstić information content (AvgIpc) is 2.79. The first-order valence-corrected chi connectivity index (χ1v) is 12.5. The molecule has 0 bridgehead atoms. The largest absolute Gasteiger partial charge is 0.289 e. The second-order valence-electron chi connectivity index (χ2n) is 8.70. The first-order valence-electron chi connectivity index (χ1n) is 12.5. The molecule has 2 rings (SSSR count). The van der Waals surface area contributed by atoms with Crippen molar-refractivity contribution < 1.29 is 4.79 Å². The van der Waals surface area contributed by atoms with Crippen molar-refractivity contribution in [3.63, 3.8) is 0 Å². The van der Waals surface area contributed by atoms with Crippen LogP contribution in [0, 0.1) is 0 Å². The predicted octanol–water partition coefficient (Wildman–Crippen LogP) is 8.56. The summed E-state index contributed by atoms with van der Waals surface area (Å²) in [5.41, 5.74) is 2.86. The van der Waals surface area contributed by atoms with E-state index in [4.69, 9.17) is 0 Å². The van der Waals surface area contributed by atoms with E-state index in [2.05, 4.69) is 19.1 Å². The second kappa shape index (κ2) is 18.7. The van der Waals surface area contributed by atoms with Crippen LogP contribution in [0.15, 0.2) is 54.6 Å². The number of hydrogen-bond donors (Lipinski definition) is 0. The van der Waals surface area contributed by atoms with Gasteiger partial charge in [-0.1, -0.05) is 145 Å². The molecule has 0 saturated heterocycles. The van der Waals surface area contributed by atoms with Crippen molar-refractivity contribution in [2.24, 2.45) is 0 Å². The molecular weight excluding hydrogens is 387 g/mol. The van der Waals surface area contributed by atoms with Gasteiger partial charge in [-0.3, -0.25) is 4.79 Å². The zero-order chi connectivity index (χ0) is 21.3. The summed E-state index contributed by atoms with van der Waals surface area (Å²) in [5.74, 6) is 0.150. The molecule has 0 saturated carbocycles. The number of benzene rings is 2. The molecule has 0 amide bonds. The van der Waals surface area contributed by atoms with Crippen LogP contribution in [0.1, 0.15) is 118 Å². The summed E-state index contributed by atoms with van der Waals surface area (Å²) in [5, 5.41) is 0. The number of hydrogen-bond acceptors (Lipinski definition) is 1. The van der Waals surface area contributed by atoms with E-state index in [9.17, 15) is 4.79 Å². The van der Waals surface area contributed by atoms with Gasteiger partial charge in [-0.05, 0) is 18.4 Å². The average molecular weight is 430 g/mol. The predicted molar refractivity (Wildman–Crippen MR) is 136 cm³/mol. The fraction of sp³-hybridized carbons (Fsp3) is 0.552. The van der Waals surface area contributed by atoms with Crippen LogP contribution in [0.3, 0.4) is 0 Å². The van der Waals surface area contributed by atoms with Gasteiger partial charge in [-0.15, -0.1) is 0 Å². The molecule has 0 unspecified atom stereocenters. The van der Waals surface area contributed by atoms with Crippen molar-refractivity contribution in [2.45, 2.75) is 103 Å². The summed E-state index contributed by atoms with van der Waals surface area (Å²) in [6.45, 7) is 2.28. The summed E-state index contributed by atoms with van der Waals surface area (Å²) in [4.78, 5) is 12.8. The van der Waals surface area contributed by atoms with Crippen LogP contribution in [0.2, 0.25) is 0 Å². The number of rotatable bonds is 17. The van der Waals surface area contributed by atoms with Crippen LogP contribution in [-0.2, 0) is 6.42 Å². The van der Waals surface area contributed by atoms with Crippen molar-refractivity contribution in [1.82, 2.24) is 0 Å². The fourth-order valence-corrected chi connectivity index (χ4v) is 4.21. The first-order chi connectivity index (χ1) is 14.8. The Balaban J connectivity index is 0.00000480. The van der Waals surface area contributed by atoms with E-state index < -0.39 is 0 Å². The van der Waals surface area contributed by atoms with Gasteiger partial charge >= 0.3 is 0 Å². The van der Waals surface area contributed by atoms with Gasteiger partial charge in [0, 0.05) is 40.7 Å². The molecule has 0 aliphatic heterocycles. The standard InChI is InChI=1S/C29H42O.Na/c1-2-3-4-5-6-7-8-9-10-11-12-13-14-16-21-26-22-19-20-25-28(26)29(30)27-23-17-15-18-24-27;/h15,17-20,22-25H,2-14,16,21H2,1H3;. The Hall–Kier alpha value is -0.890. The van der Waals surface area contributed by atoms with Crippen LogP contribution < -0.4 is 0 Å². The van der Waals surface area contributed by atoms with E-state index in [1.807, 2.05) is 42.5 Å². The van der Waals surface area contributed by atoms with Crippen molar-refractivity contribution in [2.75, 3.05) is 0 Å².